The average Bonchev–Trinajstić information content (AvgIpc) is 2.10. The first-order chi connectivity index (χ1) is 4.85. The van der Waals surface area contributed by atoms with Gasteiger partial charge in [0.15, 0.2) is 0 Å². The van der Waals surface area contributed by atoms with Gasteiger partial charge < -0.3 is 10.4 Å². The molecule has 2 unspecified atom stereocenters. The summed E-state index contributed by atoms with van der Waals surface area (Å²) in [6, 6.07) is 0. The van der Waals surface area contributed by atoms with E-state index in [1.165, 1.54) is 0 Å². The Bertz CT molecular complexity index is 155. The molecule has 0 spiro atoms. The summed E-state index contributed by atoms with van der Waals surface area (Å²) in [7, 11) is 0. The van der Waals surface area contributed by atoms with Gasteiger partial charge in [-0.15, -0.1) is 12.4 Å². The molecule has 0 aliphatic carbocycles. The van der Waals surface area contributed by atoms with Crippen molar-refractivity contribution in [3.63, 3.8) is 0 Å². The van der Waals surface area contributed by atoms with Gasteiger partial charge in [-0.25, -0.2) is 0 Å². The highest BCUT2D eigenvalue weighted by atomic mass is 35.5. The topological polar surface area (TPSA) is 32.3 Å². The van der Waals surface area contributed by atoms with E-state index in [4.69, 9.17) is 0 Å². The first-order valence-electron chi connectivity index (χ1n) is 4.28. The molecule has 3 heteroatoms. The highest BCUT2D eigenvalue weighted by Gasteiger charge is 2.42. The van der Waals surface area contributed by atoms with Crippen molar-refractivity contribution in [2.45, 2.75) is 45.8 Å². The van der Waals surface area contributed by atoms with Crippen LogP contribution in [0, 0.1) is 5.41 Å². The lowest BCUT2D eigenvalue weighted by atomic mass is 9.74. The Labute approximate surface area is 81.2 Å². The molecule has 1 aliphatic heterocycles. The highest BCUT2D eigenvalue weighted by Crippen LogP contribution is 2.36. The minimum atomic E-state index is -0.153. The zero-order valence-electron chi connectivity index (χ0n) is 8.35. The van der Waals surface area contributed by atoms with Gasteiger partial charge in [-0.1, -0.05) is 20.8 Å². The Hall–Kier alpha value is 0.210. The first kappa shape index (κ1) is 12.2. The highest BCUT2D eigenvalue weighted by molar-refractivity contribution is 5.85. The van der Waals surface area contributed by atoms with Gasteiger partial charge in [0, 0.05) is 12.1 Å². The second kappa shape index (κ2) is 3.52. The van der Waals surface area contributed by atoms with Crippen molar-refractivity contribution in [1.82, 2.24) is 5.32 Å². The Morgan fingerprint density at radius 3 is 2.08 bits per heavy atom. The number of aliphatic hydroxyl groups is 1. The van der Waals surface area contributed by atoms with Crippen LogP contribution >= 0.6 is 12.4 Å². The molecule has 0 bridgehead atoms. The summed E-state index contributed by atoms with van der Waals surface area (Å²) >= 11 is 0. The lowest BCUT2D eigenvalue weighted by molar-refractivity contribution is 0.142. The molecule has 1 rings (SSSR count). The summed E-state index contributed by atoms with van der Waals surface area (Å²) in [5.41, 5.74) is 0.330. The molecule has 0 aromatic heterocycles. The van der Waals surface area contributed by atoms with Gasteiger partial charge >= 0.3 is 0 Å². The normalized spacial score (nSPS) is 36.2. The zero-order chi connectivity index (χ0) is 8.70. The van der Waals surface area contributed by atoms with Gasteiger partial charge in [0.05, 0.1) is 6.10 Å². The fraction of sp³-hybridized carbons (Fsp3) is 1.00. The average molecular weight is 194 g/mol. The summed E-state index contributed by atoms with van der Waals surface area (Å²) < 4.78 is 0. The maximum atomic E-state index is 9.37. The molecule has 0 amide bonds. The van der Waals surface area contributed by atoms with E-state index in [-0.39, 0.29) is 29.5 Å². The molecular weight excluding hydrogens is 174 g/mol. The molecule has 1 aliphatic rings. The second-order valence-electron chi connectivity index (χ2n) is 4.82. The predicted molar refractivity (Wildman–Crippen MR) is 53.7 cm³/mol. The van der Waals surface area contributed by atoms with Gasteiger partial charge in [-0.05, 0) is 18.8 Å². The number of hydrogen-bond donors (Lipinski definition) is 2. The predicted octanol–water partition coefficient (Wildman–Crippen LogP) is 1.57. The maximum Gasteiger partial charge on any atom is 0.0682 e. The summed E-state index contributed by atoms with van der Waals surface area (Å²) in [6.45, 7) is 9.55. The zero-order valence-corrected chi connectivity index (χ0v) is 9.16. The summed E-state index contributed by atoms with van der Waals surface area (Å²) in [5.74, 6) is 0. The largest absolute Gasteiger partial charge is 0.392 e. The molecule has 0 radical (unpaired) electrons. The number of nitrogens with one attached hydrogen (secondary N) is 1. The quantitative estimate of drug-likeness (QED) is 0.612. The Balaban J connectivity index is 0.00000121. The van der Waals surface area contributed by atoms with Crippen molar-refractivity contribution in [2.24, 2.45) is 5.41 Å². The number of hydrogen-bond acceptors (Lipinski definition) is 2. The van der Waals surface area contributed by atoms with Crippen LogP contribution in [0.3, 0.4) is 0 Å². The summed E-state index contributed by atoms with van der Waals surface area (Å²) in [5, 5.41) is 12.7. The van der Waals surface area contributed by atoms with Crippen LogP contribution in [-0.2, 0) is 0 Å². The van der Waals surface area contributed by atoms with Gasteiger partial charge in [-0.2, -0.15) is 0 Å². The Morgan fingerprint density at radius 2 is 1.92 bits per heavy atom. The minimum Gasteiger partial charge on any atom is -0.392 e. The van der Waals surface area contributed by atoms with Crippen molar-refractivity contribution in [3.05, 3.63) is 0 Å². The fourth-order valence-corrected chi connectivity index (χ4v) is 1.53. The third-order valence-electron chi connectivity index (χ3n) is 3.03. The molecule has 0 aromatic carbocycles. The van der Waals surface area contributed by atoms with Crippen molar-refractivity contribution in [2.75, 3.05) is 6.54 Å². The Kier molecular flexibility index (Phi) is 3.59. The second-order valence-corrected chi connectivity index (χ2v) is 4.82. The van der Waals surface area contributed by atoms with Gasteiger partial charge in [0.2, 0.25) is 0 Å². The standard InChI is InChI=1S/C9H19NO.ClH/c1-8(2,3)9(4)5-7(11)6-10-9;/h7,10-11H,5-6H2,1-4H3;1H. The van der Waals surface area contributed by atoms with Crippen LogP contribution < -0.4 is 5.32 Å². The SMILES string of the molecule is CC(C)(C)C1(C)CC(O)CN1.Cl. The third kappa shape index (κ3) is 2.12. The van der Waals surface area contributed by atoms with E-state index in [0.29, 0.717) is 0 Å². The minimum absolute atomic E-state index is 0. The monoisotopic (exact) mass is 193 g/mol. The molecule has 1 saturated heterocycles. The molecule has 2 atom stereocenters. The first-order valence-corrected chi connectivity index (χ1v) is 4.28. The van der Waals surface area contributed by atoms with E-state index >= 15 is 0 Å². The van der Waals surface area contributed by atoms with E-state index in [9.17, 15) is 5.11 Å². The van der Waals surface area contributed by atoms with Crippen molar-refractivity contribution < 1.29 is 5.11 Å². The molecule has 74 valence electrons. The smallest absolute Gasteiger partial charge is 0.0682 e. The van der Waals surface area contributed by atoms with Crippen LogP contribution in [0.15, 0.2) is 0 Å². The van der Waals surface area contributed by atoms with Crippen LogP contribution in [0.4, 0.5) is 0 Å². The number of rotatable bonds is 0. The maximum absolute atomic E-state index is 9.37. The van der Waals surface area contributed by atoms with Crippen LogP contribution in [0.2, 0.25) is 0 Å². The molecule has 0 saturated carbocycles. The van der Waals surface area contributed by atoms with Crippen LogP contribution in [0.1, 0.15) is 34.1 Å². The van der Waals surface area contributed by atoms with E-state index < -0.39 is 0 Å². The van der Waals surface area contributed by atoms with Gasteiger partial charge in [0.25, 0.3) is 0 Å². The van der Waals surface area contributed by atoms with Crippen molar-refractivity contribution >= 4 is 12.4 Å². The van der Waals surface area contributed by atoms with E-state index in [1.807, 2.05) is 0 Å². The molecular formula is C9H20ClNO. The van der Waals surface area contributed by atoms with Crippen molar-refractivity contribution in [1.29, 1.82) is 0 Å². The lowest BCUT2D eigenvalue weighted by Gasteiger charge is -2.38. The van der Waals surface area contributed by atoms with Crippen molar-refractivity contribution in [3.8, 4) is 0 Å². The Morgan fingerprint density at radius 1 is 1.42 bits per heavy atom. The molecule has 2 N–H and O–H groups in total. The fourth-order valence-electron chi connectivity index (χ4n) is 1.53. The molecule has 0 aromatic rings. The lowest BCUT2D eigenvalue weighted by Crippen LogP contribution is -2.47. The molecule has 2 nitrogen and oxygen atoms in total. The third-order valence-corrected chi connectivity index (χ3v) is 3.03. The van der Waals surface area contributed by atoms with Crippen LogP contribution in [0.5, 0.6) is 0 Å². The number of β-amino-alcohol motifs (C(OH)–C–C–N with tert-alkyl or cyclic N) is 1. The number of aliphatic hydroxyl groups excluding tert-OH is 1. The van der Waals surface area contributed by atoms with E-state index in [2.05, 4.69) is 33.0 Å². The van der Waals surface area contributed by atoms with Crippen LogP contribution in [-0.4, -0.2) is 23.3 Å². The molecule has 1 fully saturated rings. The molecule has 1 heterocycles. The van der Waals surface area contributed by atoms with E-state index in [1.54, 1.807) is 0 Å². The number of halogens is 1. The summed E-state index contributed by atoms with van der Waals surface area (Å²) in [4.78, 5) is 0. The van der Waals surface area contributed by atoms with Gasteiger partial charge in [-0.3, -0.25) is 0 Å². The van der Waals surface area contributed by atoms with E-state index in [0.717, 1.165) is 13.0 Å². The van der Waals surface area contributed by atoms with Gasteiger partial charge in [0.1, 0.15) is 0 Å². The van der Waals surface area contributed by atoms with Crippen LogP contribution in [0.25, 0.3) is 0 Å². The summed E-state index contributed by atoms with van der Waals surface area (Å²) in [6.07, 6.45) is 0.718. The molecule has 12 heavy (non-hydrogen) atoms.